The molecule has 1 N–H and O–H groups in total. The molecule has 4 nitrogen and oxygen atoms in total. The largest absolute Gasteiger partial charge is 0.366 e. The Hall–Kier alpha value is -1.68. The van der Waals surface area contributed by atoms with Crippen LogP contribution in [0.3, 0.4) is 0 Å². The molecule has 2 heterocycles. The average Bonchev–Trinajstić information content (AvgIpc) is 2.32. The zero-order valence-electron chi connectivity index (χ0n) is 8.81. The van der Waals surface area contributed by atoms with Crippen molar-refractivity contribution in [2.45, 2.75) is 13.5 Å². The van der Waals surface area contributed by atoms with Crippen LogP contribution in [-0.2, 0) is 6.54 Å². The molecule has 0 saturated heterocycles. The van der Waals surface area contributed by atoms with E-state index in [1.807, 2.05) is 25.3 Å². The molecule has 2 aromatic rings. The van der Waals surface area contributed by atoms with Gasteiger partial charge in [-0.15, -0.1) is 0 Å². The number of aryl methyl sites for hydroxylation is 1. The van der Waals surface area contributed by atoms with E-state index in [0.29, 0.717) is 6.54 Å². The minimum atomic E-state index is 0.249. The Morgan fingerprint density at radius 1 is 1.38 bits per heavy atom. The predicted octanol–water partition coefficient (Wildman–Crippen LogP) is 2.45. The third kappa shape index (κ3) is 2.67. The maximum atomic E-state index is 5.72. The lowest BCUT2D eigenvalue weighted by atomic mass is 10.3. The lowest BCUT2D eigenvalue weighted by molar-refractivity contribution is 1.05. The van der Waals surface area contributed by atoms with Crippen LogP contribution in [0.25, 0.3) is 0 Å². The van der Waals surface area contributed by atoms with Crippen molar-refractivity contribution < 1.29 is 0 Å². The van der Waals surface area contributed by atoms with Crippen LogP contribution in [0.5, 0.6) is 0 Å². The van der Waals surface area contributed by atoms with Crippen LogP contribution < -0.4 is 5.32 Å². The first-order valence-electron chi connectivity index (χ1n) is 4.87. The van der Waals surface area contributed by atoms with Gasteiger partial charge in [0.2, 0.25) is 5.28 Å². The zero-order chi connectivity index (χ0) is 11.4. The van der Waals surface area contributed by atoms with E-state index in [1.54, 1.807) is 12.4 Å². The molecule has 5 heteroatoms. The summed E-state index contributed by atoms with van der Waals surface area (Å²) in [5, 5.41) is 3.44. The lowest BCUT2D eigenvalue weighted by Gasteiger charge is -2.07. The summed E-state index contributed by atoms with van der Waals surface area (Å²) in [6, 6.07) is 3.90. The maximum absolute atomic E-state index is 5.72. The summed E-state index contributed by atoms with van der Waals surface area (Å²) in [7, 11) is 0. The van der Waals surface area contributed by atoms with Gasteiger partial charge >= 0.3 is 0 Å². The second-order valence-electron chi connectivity index (χ2n) is 3.39. The third-order valence-electron chi connectivity index (χ3n) is 2.13. The zero-order valence-corrected chi connectivity index (χ0v) is 9.57. The molecule has 0 aliphatic carbocycles. The van der Waals surface area contributed by atoms with Gasteiger partial charge in [0.1, 0.15) is 5.82 Å². The van der Waals surface area contributed by atoms with Crippen LogP contribution in [0.15, 0.2) is 30.7 Å². The minimum Gasteiger partial charge on any atom is -0.366 e. The first-order valence-corrected chi connectivity index (χ1v) is 5.25. The van der Waals surface area contributed by atoms with E-state index in [0.717, 1.165) is 16.9 Å². The summed E-state index contributed by atoms with van der Waals surface area (Å²) in [5.41, 5.74) is 2.06. The van der Waals surface area contributed by atoms with Crippen molar-refractivity contribution in [1.82, 2.24) is 15.0 Å². The molecule has 0 aliphatic rings. The van der Waals surface area contributed by atoms with Crippen LogP contribution in [-0.4, -0.2) is 15.0 Å². The number of rotatable bonds is 3. The Morgan fingerprint density at radius 3 is 3.00 bits per heavy atom. The molecule has 0 radical (unpaired) electrons. The molecule has 0 amide bonds. The number of halogens is 1. The van der Waals surface area contributed by atoms with Crippen LogP contribution in [0, 0.1) is 6.92 Å². The SMILES string of the molecule is Cc1cnc(Cl)nc1NCc1cccnc1. The minimum absolute atomic E-state index is 0.249. The molecule has 0 aliphatic heterocycles. The van der Waals surface area contributed by atoms with E-state index in [1.165, 1.54) is 0 Å². The van der Waals surface area contributed by atoms with Crippen molar-refractivity contribution in [1.29, 1.82) is 0 Å². The molecule has 2 aromatic heterocycles. The number of aromatic nitrogens is 3. The number of nitrogens with zero attached hydrogens (tertiary/aromatic N) is 3. The fourth-order valence-electron chi connectivity index (χ4n) is 1.29. The summed E-state index contributed by atoms with van der Waals surface area (Å²) in [6.07, 6.45) is 5.25. The summed E-state index contributed by atoms with van der Waals surface area (Å²) in [6.45, 7) is 2.60. The predicted molar refractivity (Wildman–Crippen MR) is 63.3 cm³/mol. The highest BCUT2D eigenvalue weighted by molar-refractivity contribution is 6.28. The van der Waals surface area contributed by atoms with Crippen LogP contribution in [0.2, 0.25) is 5.28 Å². The van der Waals surface area contributed by atoms with Crippen molar-refractivity contribution in [3.63, 3.8) is 0 Å². The summed E-state index contributed by atoms with van der Waals surface area (Å²) in [5.74, 6) is 0.754. The second kappa shape index (κ2) is 4.90. The second-order valence-corrected chi connectivity index (χ2v) is 3.72. The quantitative estimate of drug-likeness (QED) is 0.829. The molecule has 82 valence electrons. The molecule has 0 fully saturated rings. The van der Waals surface area contributed by atoms with Gasteiger partial charge in [-0.05, 0) is 30.2 Å². The standard InChI is InChI=1S/C11H11ClN4/c1-8-5-15-11(12)16-10(8)14-7-9-3-2-4-13-6-9/h2-6H,7H2,1H3,(H,14,15,16). The molecule has 0 aromatic carbocycles. The smallest absolute Gasteiger partial charge is 0.224 e. The summed E-state index contributed by atoms with van der Waals surface area (Å²) >= 11 is 5.72. The van der Waals surface area contributed by atoms with Gasteiger partial charge in [-0.1, -0.05) is 6.07 Å². The number of hydrogen-bond acceptors (Lipinski definition) is 4. The topological polar surface area (TPSA) is 50.7 Å². The Kier molecular flexibility index (Phi) is 3.31. The molecule has 0 unspecified atom stereocenters. The fraction of sp³-hybridized carbons (Fsp3) is 0.182. The Morgan fingerprint density at radius 2 is 2.25 bits per heavy atom. The van der Waals surface area contributed by atoms with Gasteiger partial charge in [-0.2, -0.15) is 0 Å². The number of hydrogen-bond donors (Lipinski definition) is 1. The monoisotopic (exact) mass is 234 g/mol. The van der Waals surface area contributed by atoms with Crippen LogP contribution >= 0.6 is 11.6 Å². The first kappa shape index (κ1) is 10.8. The molecular weight excluding hydrogens is 224 g/mol. The molecule has 16 heavy (non-hydrogen) atoms. The molecule has 0 spiro atoms. The van der Waals surface area contributed by atoms with Gasteiger partial charge < -0.3 is 5.32 Å². The number of nitrogens with one attached hydrogen (secondary N) is 1. The highest BCUT2D eigenvalue weighted by atomic mass is 35.5. The van der Waals surface area contributed by atoms with Gasteiger partial charge in [0.05, 0.1) is 0 Å². The number of anilines is 1. The van der Waals surface area contributed by atoms with Crippen molar-refractivity contribution in [3.05, 3.63) is 47.1 Å². The van der Waals surface area contributed by atoms with Gasteiger partial charge in [0.15, 0.2) is 0 Å². The van der Waals surface area contributed by atoms with E-state index in [4.69, 9.17) is 11.6 Å². The highest BCUT2D eigenvalue weighted by Crippen LogP contribution is 2.13. The van der Waals surface area contributed by atoms with E-state index < -0.39 is 0 Å². The Labute approximate surface area is 98.7 Å². The molecule has 0 saturated carbocycles. The third-order valence-corrected chi connectivity index (χ3v) is 2.31. The van der Waals surface area contributed by atoms with Gasteiger partial charge in [-0.3, -0.25) is 4.98 Å². The molecule has 0 bridgehead atoms. The van der Waals surface area contributed by atoms with Crippen LogP contribution in [0.4, 0.5) is 5.82 Å². The van der Waals surface area contributed by atoms with E-state index >= 15 is 0 Å². The summed E-state index contributed by atoms with van der Waals surface area (Å²) < 4.78 is 0. The highest BCUT2D eigenvalue weighted by Gasteiger charge is 2.01. The van der Waals surface area contributed by atoms with E-state index in [9.17, 15) is 0 Å². The van der Waals surface area contributed by atoms with Crippen LogP contribution in [0.1, 0.15) is 11.1 Å². The van der Waals surface area contributed by atoms with Crippen molar-refractivity contribution in [2.75, 3.05) is 5.32 Å². The Bertz CT molecular complexity index is 473. The lowest BCUT2D eigenvalue weighted by Crippen LogP contribution is -2.04. The van der Waals surface area contributed by atoms with Gasteiger partial charge in [-0.25, -0.2) is 9.97 Å². The fourth-order valence-corrected chi connectivity index (χ4v) is 1.42. The van der Waals surface area contributed by atoms with Crippen molar-refractivity contribution in [2.24, 2.45) is 0 Å². The average molecular weight is 235 g/mol. The van der Waals surface area contributed by atoms with E-state index in [-0.39, 0.29) is 5.28 Å². The van der Waals surface area contributed by atoms with Crippen molar-refractivity contribution >= 4 is 17.4 Å². The maximum Gasteiger partial charge on any atom is 0.224 e. The molecular formula is C11H11ClN4. The van der Waals surface area contributed by atoms with Gasteiger partial charge in [0.25, 0.3) is 0 Å². The molecule has 0 atom stereocenters. The van der Waals surface area contributed by atoms with E-state index in [2.05, 4.69) is 20.3 Å². The Balaban J connectivity index is 2.08. The normalized spacial score (nSPS) is 10.1. The molecule has 2 rings (SSSR count). The van der Waals surface area contributed by atoms with Gasteiger partial charge in [0, 0.05) is 30.7 Å². The number of pyridine rings is 1. The summed E-state index contributed by atoms with van der Waals surface area (Å²) in [4.78, 5) is 12.0. The van der Waals surface area contributed by atoms with Crippen molar-refractivity contribution in [3.8, 4) is 0 Å². The first-order chi connectivity index (χ1) is 7.75.